The number of thioether (sulfide) groups is 1. The van der Waals surface area contributed by atoms with Crippen LogP contribution in [0.2, 0.25) is 0 Å². The highest BCUT2D eigenvalue weighted by atomic mass is 32.2. The number of aliphatic carboxylic acids is 1. The van der Waals surface area contributed by atoms with Gasteiger partial charge in [0.1, 0.15) is 5.75 Å². The van der Waals surface area contributed by atoms with Gasteiger partial charge in [0.15, 0.2) is 0 Å². The van der Waals surface area contributed by atoms with Gasteiger partial charge in [-0.1, -0.05) is 6.92 Å². The van der Waals surface area contributed by atoms with Crippen LogP contribution in [-0.4, -0.2) is 22.9 Å². The van der Waals surface area contributed by atoms with Crippen LogP contribution in [0.5, 0.6) is 5.75 Å². The maximum Gasteiger partial charge on any atom is 0.304 e. The lowest BCUT2D eigenvalue weighted by atomic mass is 9.80. The third kappa shape index (κ3) is 3.92. The molecule has 0 amide bonds. The number of hydrogen-bond donors (Lipinski definition) is 1. The van der Waals surface area contributed by atoms with Gasteiger partial charge in [0.2, 0.25) is 0 Å². The predicted molar refractivity (Wildman–Crippen MR) is 81.5 cm³/mol. The maximum absolute atomic E-state index is 11.2. The van der Waals surface area contributed by atoms with Crippen molar-refractivity contribution < 1.29 is 14.6 Å². The standard InChI is InChI=1S/C16H22O3S/c1-12-7-9-16(10-8-12,11-15(17)18)20-14-5-3-13(19-2)4-6-14/h3-6,12H,7-11H2,1-2H3,(H,17,18). The van der Waals surface area contributed by atoms with Gasteiger partial charge in [-0.05, 0) is 55.9 Å². The van der Waals surface area contributed by atoms with Crippen molar-refractivity contribution in [1.29, 1.82) is 0 Å². The molecule has 0 aromatic heterocycles. The summed E-state index contributed by atoms with van der Waals surface area (Å²) in [5.74, 6) is 0.854. The summed E-state index contributed by atoms with van der Waals surface area (Å²) < 4.78 is 5.01. The van der Waals surface area contributed by atoms with E-state index in [1.807, 2.05) is 24.3 Å². The van der Waals surface area contributed by atoms with Crippen LogP contribution in [0.1, 0.15) is 39.0 Å². The van der Waals surface area contributed by atoms with Gasteiger partial charge in [0.05, 0.1) is 13.5 Å². The van der Waals surface area contributed by atoms with Crippen molar-refractivity contribution in [2.75, 3.05) is 7.11 Å². The number of methoxy groups -OCH3 is 1. The van der Waals surface area contributed by atoms with Gasteiger partial charge in [-0.2, -0.15) is 0 Å². The minimum absolute atomic E-state index is 0.146. The van der Waals surface area contributed by atoms with E-state index < -0.39 is 5.97 Å². The Morgan fingerprint density at radius 2 is 1.95 bits per heavy atom. The normalized spacial score (nSPS) is 26.2. The second-order valence-electron chi connectivity index (χ2n) is 5.71. The van der Waals surface area contributed by atoms with E-state index >= 15 is 0 Å². The van der Waals surface area contributed by atoms with Gasteiger partial charge in [0.25, 0.3) is 0 Å². The van der Waals surface area contributed by atoms with E-state index in [0.29, 0.717) is 5.92 Å². The Morgan fingerprint density at radius 1 is 1.35 bits per heavy atom. The first-order valence-electron chi connectivity index (χ1n) is 7.08. The van der Waals surface area contributed by atoms with Gasteiger partial charge >= 0.3 is 5.97 Å². The van der Waals surface area contributed by atoms with Crippen LogP contribution in [0.25, 0.3) is 0 Å². The number of ether oxygens (including phenoxy) is 1. The number of carboxylic acids is 1. The quantitative estimate of drug-likeness (QED) is 0.883. The molecule has 0 aliphatic heterocycles. The number of carbonyl (C=O) groups is 1. The SMILES string of the molecule is COc1ccc(SC2(CC(=O)O)CCC(C)CC2)cc1. The molecule has 0 radical (unpaired) electrons. The first-order valence-corrected chi connectivity index (χ1v) is 7.89. The zero-order chi connectivity index (χ0) is 14.6. The van der Waals surface area contributed by atoms with Crippen LogP contribution in [0, 0.1) is 5.92 Å². The van der Waals surface area contributed by atoms with Crippen molar-refractivity contribution in [2.24, 2.45) is 5.92 Å². The number of carboxylic acid groups (broad SMARTS) is 1. The summed E-state index contributed by atoms with van der Waals surface area (Å²) in [6, 6.07) is 7.90. The molecular formula is C16H22O3S. The Labute approximate surface area is 124 Å². The monoisotopic (exact) mass is 294 g/mol. The molecule has 1 saturated carbocycles. The Hall–Kier alpha value is -1.16. The summed E-state index contributed by atoms with van der Waals surface area (Å²) in [6.07, 6.45) is 4.46. The van der Waals surface area contributed by atoms with Crippen LogP contribution in [0.4, 0.5) is 0 Å². The minimum atomic E-state index is -0.694. The molecule has 0 bridgehead atoms. The Morgan fingerprint density at radius 3 is 2.45 bits per heavy atom. The maximum atomic E-state index is 11.2. The summed E-state index contributed by atoms with van der Waals surface area (Å²) in [6.45, 7) is 2.25. The smallest absolute Gasteiger partial charge is 0.304 e. The Bertz CT molecular complexity index is 447. The average molecular weight is 294 g/mol. The summed E-state index contributed by atoms with van der Waals surface area (Å²) in [4.78, 5) is 12.3. The van der Waals surface area contributed by atoms with Crippen molar-refractivity contribution >= 4 is 17.7 Å². The van der Waals surface area contributed by atoms with Crippen molar-refractivity contribution in [2.45, 2.75) is 48.7 Å². The summed E-state index contributed by atoms with van der Waals surface area (Å²) in [5.41, 5.74) is 0. The molecule has 1 aromatic carbocycles. The molecule has 2 rings (SSSR count). The third-order valence-electron chi connectivity index (χ3n) is 4.05. The van der Waals surface area contributed by atoms with Gasteiger partial charge in [0, 0.05) is 9.64 Å². The van der Waals surface area contributed by atoms with Crippen molar-refractivity contribution in [3.63, 3.8) is 0 Å². The molecule has 1 N–H and O–H groups in total. The molecule has 0 saturated heterocycles. The Balaban J connectivity index is 2.12. The highest BCUT2D eigenvalue weighted by Crippen LogP contribution is 2.47. The van der Waals surface area contributed by atoms with Gasteiger partial charge in [-0.25, -0.2) is 0 Å². The van der Waals surface area contributed by atoms with E-state index in [2.05, 4.69) is 6.92 Å². The van der Waals surface area contributed by atoms with Crippen LogP contribution in [-0.2, 0) is 4.79 Å². The third-order valence-corrected chi connectivity index (χ3v) is 5.55. The first-order chi connectivity index (χ1) is 9.53. The van der Waals surface area contributed by atoms with Gasteiger partial charge < -0.3 is 9.84 Å². The molecule has 0 unspecified atom stereocenters. The average Bonchev–Trinajstić information content (AvgIpc) is 2.42. The van der Waals surface area contributed by atoms with E-state index in [-0.39, 0.29) is 11.2 Å². The second kappa shape index (κ2) is 6.53. The predicted octanol–water partition coefficient (Wildman–Crippen LogP) is 4.21. The fraction of sp³-hybridized carbons (Fsp3) is 0.562. The van der Waals surface area contributed by atoms with Crippen LogP contribution in [0.15, 0.2) is 29.2 Å². The molecule has 4 heteroatoms. The molecule has 1 aliphatic carbocycles. The molecule has 1 aromatic rings. The Kier molecular flexibility index (Phi) is 4.97. The lowest BCUT2D eigenvalue weighted by Gasteiger charge is -2.38. The molecule has 3 nitrogen and oxygen atoms in total. The van der Waals surface area contributed by atoms with E-state index in [9.17, 15) is 9.90 Å². The van der Waals surface area contributed by atoms with Gasteiger partial charge in [-0.15, -0.1) is 11.8 Å². The minimum Gasteiger partial charge on any atom is -0.497 e. The van der Waals surface area contributed by atoms with Crippen molar-refractivity contribution in [1.82, 2.24) is 0 Å². The highest BCUT2D eigenvalue weighted by molar-refractivity contribution is 8.00. The lowest BCUT2D eigenvalue weighted by molar-refractivity contribution is -0.137. The van der Waals surface area contributed by atoms with Crippen molar-refractivity contribution in [3.8, 4) is 5.75 Å². The van der Waals surface area contributed by atoms with Crippen molar-refractivity contribution in [3.05, 3.63) is 24.3 Å². The topological polar surface area (TPSA) is 46.5 Å². The summed E-state index contributed by atoms with van der Waals surface area (Å²) in [7, 11) is 1.65. The van der Waals surface area contributed by atoms with Crippen LogP contribution >= 0.6 is 11.8 Å². The summed E-state index contributed by atoms with van der Waals surface area (Å²) in [5, 5.41) is 9.22. The zero-order valence-corrected chi connectivity index (χ0v) is 12.9. The van der Waals surface area contributed by atoms with E-state index in [4.69, 9.17) is 4.74 Å². The number of hydrogen-bond acceptors (Lipinski definition) is 3. The largest absolute Gasteiger partial charge is 0.497 e. The fourth-order valence-corrected chi connectivity index (χ4v) is 4.18. The molecule has 0 spiro atoms. The molecule has 20 heavy (non-hydrogen) atoms. The molecule has 1 fully saturated rings. The second-order valence-corrected chi connectivity index (χ2v) is 7.26. The zero-order valence-electron chi connectivity index (χ0n) is 12.1. The molecule has 110 valence electrons. The van der Waals surface area contributed by atoms with Crippen LogP contribution in [0.3, 0.4) is 0 Å². The highest BCUT2D eigenvalue weighted by Gasteiger charge is 2.37. The summed E-state index contributed by atoms with van der Waals surface area (Å²) >= 11 is 1.73. The number of benzene rings is 1. The van der Waals surface area contributed by atoms with Crippen LogP contribution < -0.4 is 4.74 Å². The van der Waals surface area contributed by atoms with E-state index in [1.54, 1.807) is 18.9 Å². The molecule has 0 atom stereocenters. The number of rotatable bonds is 5. The molecule has 0 heterocycles. The lowest BCUT2D eigenvalue weighted by Crippen LogP contribution is -2.32. The van der Waals surface area contributed by atoms with E-state index in [1.165, 1.54) is 0 Å². The molecule has 1 aliphatic rings. The fourth-order valence-electron chi connectivity index (χ4n) is 2.77. The first kappa shape index (κ1) is 15.2. The molecular weight excluding hydrogens is 272 g/mol. The van der Waals surface area contributed by atoms with E-state index in [0.717, 1.165) is 36.3 Å². The van der Waals surface area contributed by atoms with Gasteiger partial charge in [-0.3, -0.25) is 4.79 Å².